The summed E-state index contributed by atoms with van der Waals surface area (Å²) in [4.78, 5) is 15.7. The van der Waals surface area contributed by atoms with Gasteiger partial charge in [0.25, 0.3) is 5.91 Å². The van der Waals surface area contributed by atoms with E-state index in [2.05, 4.69) is 20.9 Å². The van der Waals surface area contributed by atoms with Crippen molar-refractivity contribution in [3.05, 3.63) is 64.1 Å². The van der Waals surface area contributed by atoms with Crippen molar-refractivity contribution in [2.24, 2.45) is 0 Å². The first kappa shape index (κ1) is 26.1. The second kappa shape index (κ2) is 9.77. The fourth-order valence-electron chi connectivity index (χ4n) is 2.65. The first-order chi connectivity index (χ1) is 14.7. The summed E-state index contributed by atoms with van der Waals surface area (Å²) in [6.45, 7) is 0.707. The lowest BCUT2D eigenvalue weighted by Gasteiger charge is -2.36. The third-order valence-corrected chi connectivity index (χ3v) is 5.84. The molecular formula is C18H17BrF5N3O4S. The SMILES string of the molecule is C[C@@](NCS(=O)(=O)NC(=O)c1ccccc1)(c1nc(Br)ccc1F)[C@@H](F)[C@H](O)C(F)(F)F. The number of hydrogen-bond donors (Lipinski definition) is 3. The zero-order valence-corrected chi connectivity index (χ0v) is 18.6. The third kappa shape index (κ3) is 6.21. The summed E-state index contributed by atoms with van der Waals surface area (Å²) in [6.07, 6.45) is -12.3. The maximum atomic E-state index is 14.9. The van der Waals surface area contributed by atoms with Crippen molar-refractivity contribution in [3.8, 4) is 0 Å². The molecule has 3 atom stereocenters. The number of aliphatic hydroxyl groups is 1. The first-order valence-electron chi connectivity index (χ1n) is 8.73. The van der Waals surface area contributed by atoms with E-state index in [4.69, 9.17) is 0 Å². The summed E-state index contributed by atoms with van der Waals surface area (Å²) >= 11 is 2.88. The Morgan fingerprint density at radius 1 is 1.19 bits per heavy atom. The van der Waals surface area contributed by atoms with E-state index in [0.29, 0.717) is 6.92 Å². The number of amides is 1. The van der Waals surface area contributed by atoms with Crippen LogP contribution in [0, 0.1) is 5.82 Å². The molecule has 7 nitrogen and oxygen atoms in total. The van der Waals surface area contributed by atoms with E-state index >= 15 is 0 Å². The molecule has 0 bridgehead atoms. The highest BCUT2D eigenvalue weighted by Gasteiger charge is 2.53. The average Bonchev–Trinajstić information content (AvgIpc) is 2.72. The topological polar surface area (TPSA) is 108 Å². The fourth-order valence-corrected chi connectivity index (χ4v) is 3.92. The number of hydrogen-bond acceptors (Lipinski definition) is 6. The number of nitrogens with one attached hydrogen (secondary N) is 2. The van der Waals surface area contributed by atoms with Gasteiger partial charge >= 0.3 is 6.18 Å². The number of sulfonamides is 1. The highest BCUT2D eigenvalue weighted by Crippen LogP contribution is 2.36. The number of alkyl halides is 4. The lowest BCUT2D eigenvalue weighted by Crippen LogP contribution is -2.58. The number of rotatable bonds is 8. The van der Waals surface area contributed by atoms with Crippen molar-refractivity contribution in [1.82, 2.24) is 15.0 Å². The number of halogens is 6. The average molecular weight is 546 g/mol. The van der Waals surface area contributed by atoms with Crippen LogP contribution in [0.4, 0.5) is 22.0 Å². The molecule has 0 saturated heterocycles. The molecule has 1 aromatic heterocycles. The highest BCUT2D eigenvalue weighted by molar-refractivity contribution is 9.10. The second-order valence-electron chi connectivity index (χ2n) is 6.79. The standard InChI is InChI=1S/C18H17BrF5N3O4S/c1-17(13(21)15(28)18(22,23)24,14-11(20)7-8-12(19)26-14)25-9-32(30,31)27-16(29)10-5-3-2-4-6-10/h2-8,13,15,25,28H,9H2,1H3,(H,27,29)/t13-,15-,17-/m0/s1. The molecule has 32 heavy (non-hydrogen) atoms. The van der Waals surface area contributed by atoms with Gasteiger partial charge in [0.2, 0.25) is 10.0 Å². The van der Waals surface area contributed by atoms with Gasteiger partial charge in [-0.25, -0.2) is 26.9 Å². The third-order valence-electron chi connectivity index (χ3n) is 4.38. The summed E-state index contributed by atoms with van der Waals surface area (Å²) in [5, 5.41) is 11.4. The number of aliphatic hydroxyl groups excluding tert-OH is 1. The minimum atomic E-state index is -5.44. The van der Waals surface area contributed by atoms with Crippen LogP contribution in [0.2, 0.25) is 0 Å². The molecule has 0 saturated carbocycles. The van der Waals surface area contributed by atoms with Crippen molar-refractivity contribution in [3.63, 3.8) is 0 Å². The van der Waals surface area contributed by atoms with E-state index in [9.17, 15) is 40.3 Å². The van der Waals surface area contributed by atoms with Crippen LogP contribution in [0.5, 0.6) is 0 Å². The number of nitrogens with zero attached hydrogens (tertiary/aromatic N) is 1. The Kier molecular flexibility index (Phi) is 7.96. The summed E-state index contributed by atoms with van der Waals surface area (Å²) in [6, 6.07) is 8.97. The Bertz CT molecular complexity index is 1070. The maximum Gasteiger partial charge on any atom is 0.417 e. The molecule has 3 N–H and O–H groups in total. The Morgan fingerprint density at radius 2 is 1.78 bits per heavy atom. The van der Waals surface area contributed by atoms with Crippen LogP contribution < -0.4 is 10.0 Å². The molecule has 1 amide bonds. The normalized spacial score (nSPS) is 16.1. The molecule has 0 unspecified atom stereocenters. The van der Waals surface area contributed by atoms with E-state index in [1.807, 2.05) is 5.32 Å². The van der Waals surface area contributed by atoms with E-state index in [1.165, 1.54) is 24.3 Å². The molecule has 0 spiro atoms. The van der Waals surface area contributed by atoms with Crippen LogP contribution in [0.3, 0.4) is 0 Å². The summed E-state index contributed by atoms with van der Waals surface area (Å²) in [7, 11) is -4.59. The minimum absolute atomic E-state index is 0.0330. The Balaban J connectivity index is 2.36. The molecule has 0 aliphatic carbocycles. The molecule has 0 fully saturated rings. The van der Waals surface area contributed by atoms with Gasteiger partial charge in [-0.05, 0) is 47.1 Å². The van der Waals surface area contributed by atoms with Gasteiger partial charge < -0.3 is 5.11 Å². The molecule has 0 radical (unpaired) electrons. The van der Waals surface area contributed by atoms with Gasteiger partial charge in [0.1, 0.15) is 22.0 Å². The Hall–Kier alpha value is -2.16. The van der Waals surface area contributed by atoms with Gasteiger partial charge in [-0.2, -0.15) is 13.2 Å². The van der Waals surface area contributed by atoms with Gasteiger partial charge in [-0.15, -0.1) is 0 Å². The van der Waals surface area contributed by atoms with Crippen LogP contribution >= 0.6 is 15.9 Å². The van der Waals surface area contributed by atoms with E-state index in [0.717, 1.165) is 12.1 Å². The largest absolute Gasteiger partial charge is 0.417 e. The molecule has 1 aromatic carbocycles. The smallest absolute Gasteiger partial charge is 0.381 e. The zero-order valence-electron chi connectivity index (χ0n) is 16.2. The van der Waals surface area contributed by atoms with Gasteiger partial charge in [0.15, 0.2) is 12.3 Å². The van der Waals surface area contributed by atoms with E-state index < -0.39 is 57.3 Å². The molecule has 2 rings (SSSR count). The van der Waals surface area contributed by atoms with Crippen molar-refractivity contribution in [2.45, 2.75) is 30.9 Å². The first-order valence-corrected chi connectivity index (χ1v) is 11.2. The zero-order chi connectivity index (χ0) is 24.3. The minimum Gasteiger partial charge on any atom is -0.381 e. The summed E-state index contributed by atoms with van der Waals surface area (Å²) in [5.41, 5.74) is -3.73. The number of carbonyl (C=O) groups is 1. The van der Waals surface area contributed by atoms with Gasteiger partial charge in [-0.3, -0.25) is 10.1 Å². The van der Waals surface area contributed by atoms with Crippen molar-refractivity contribution in [1.29, 1.82) is 0 Å². The number of carbonyl (C=O) groups excluding carboxylic acids is 1. The maximum absolute atomic E-state index is 14.9. The predicted molar refractivity (Wildman–Crippen MR) is 107 cm³/mol. The van der Waals surface area contributed by atoms with Crippen LogP contribution in [-0.4, -0.2) is 48.7 Å². The molecule has 176 valence electrons. The lowest BCUT2D eigenvalue weighted by molar-refractivity contribution is -0.229. The Morgan fingerprint density at radius 3 is 2.34 bits per heavy atom. The highest BCUT2D eigenvalue weighted by atomic mass is 79.9. The van der Waals surface area contributed by atoms with Crippen LogP contribution in [0.15, 0.2) is 47.1 Å². The molecular weight excluding hydrogens is 529 g/mol. The molecule has 0 aliphatic rings. The van der Waals surface area contributed by atoms with Gasteiger partial charge in [-0.1, -0.05) is 18.2 Å². The van der Waals surface area contributed by atoms with Gasteiger partial charge in [0.05, 0.1) is 5.54 Å². The summed E-state index contributed by atoms with van der Waals surface area (Å²) in [5.74, 6) is -3.61. The van der Waals surface area contributed by atoms with Crippen molar-refractivity contribution in [2.75, 3.05) is 5.88 Å². The number of benzene rings is 1. The van der Waals surface area contributed by atoms with E-state index in [-0.39, 0.29) is 10.2 Å². The van der Waals surface area contributed by atoms with Gasteiger partial charge in [0, 0.05) is 5.56 Å². The summed E-state index contributed by atoms with van der Waals surface area (Å²) < 4.78 is 94.3. The number of aromatic nitrogens is 1. The monoisotopic (exact) mass is 545 g/mol. The van der Waals surface area contributed by atoms with Crippen molar-refractivity contribution >= 4 is 31.9 Å². The van der Waals surface area contributed by atoms with Crippen molar-refractivity contribution < 1.29 is 40.3 Å². The fraction of sp³-hybridized carbons (Fsp3) is 0.333. The molecule has 14 heteroatoms. The molecule has 2 aromatic rings. The second-order valence-corrected chi connectivity index (χ2v) is 9.32. The predicted octanol–water partition coefficient (Wildman–Crippen LogP) is 2.77. The quantitative estimate of drug-likeness (QED) is 0.347. The Labute approximate surface area is 188 Å². The molecule has 1 heterocycles. The van der Waals surface area contributed by atoms with Crippen LogP contribution in [-0.2, 0) is 15.6 Å². The number of pyridine rings is 1. The van der Waals surface area contributed by atoms with E-state index in [1.54, 1.807) is 10.8 Å². The van der Waals surface area contributed by atoms with Crippen LogP contribution in [0.1, 0.15) is 23.0 Å². The lowest BCUT2D eigenvalue weighted by atomic mass is 9.87. The van der Waals surface area contributed by atoms with Crippen LogP contribution in [0.25, 0.3) is 0 Å². The molecule has 0 aliphatic heterocycles.